The predicted molar refractivity (Wildman–Crippen MR) is 44.0 cm³/mol. The Morgan fingerprint density at radius 3 is 3.18 bits per heavy atom. The van der Waals surface area contributed by atoms with Crippen LogP contribution in [-0.2, 0) is 7.05 Å². The van der Waals surface area contributed by atoms with Gasteiger partial charge in [-0.2, -0.15) is 0 Å². The molecule has 1 N–H and O–H groups in total. The predicted octanol–water partition coefficient (Wildman–Crippen LogP) is 0.530. The highest BCUT2D eigenvalue weighted by molar-refractivity contribution is 5.85. The second-order valence-electron chi connectivity index (χ2n) is 2.60. The molecule has 0 unspecified atom stereocenters. The van der Waals surface area contributed by atoms with Gasteiger partial charge >= 0.3 is 0 Å². The zero-order valence-corrected chi connectivity index (χ0v) is 6.63. The Balaban J connectivity index is 2.61. The van der Waals surface area contributed by atoms with E-state index in [0.717, 1.165) is 17.3 Å². The summed E-state index contributed by atoms with van der Waals surface area (Å²) in [6.07, 6.45) is 1.80. The van der Waals surface area contributed by atoms with Crippen molar-refractivity contribution in [3.63, 3.8) is 0 Å². The first-order valence-electron chi connectivity index (χ1n) is 3.56. The lowest BCUT2D eigenvalue weighted by atomic mass is 10.4. The van der Waals surface area contributed by atoms with Gasteiger partial charge in [-0.3, -0.25) is 4.99 Å². The van der Waals surface area contributed by atoms with Crippen molar-refractivity contribution in [2.24, 2.45) is 12.0 Å². The molecule has 0 saturated carbocycles. The Morgan fingerprint density at radius 1 is 1.64 bits per heavy atom. The minimum atomic E-state index is 0.659. The van der Waals surface area contributed by atoms with Gasteiger partial charge in [0.2, 0.25) is 0 Å². The summed E-state index contributed by atoms with van der Waals surface area (Å²) in [7, 11) is 1.99. The third kappa shape index (κ3) is 0.824. The molecule has 0 aliphatic carbocycles. The van der Waals surface area contributed by atoms with E-state index in [-0.39, 0.29) is 0 Å². The maximum atomic E-state index is 4.30. The van der Waals surface area contributed by atoms with E-state index in [1.165, 1.54) is 0 Å². The third-order valence-corrected chi connectivity index (χ3v) is 1.90. The zero-order chi connectivity index (χ0) is 7.84. The van der Waals surface area contributed by atoms with Crippen molar-refractivity contribution in [1.82, 2.24) is 9.55 Å². The molecule has 1 aromatic heterocycles. The van der Waals surface area contributed by atoms with Crippen LogP contribution in [0.5, 0.6) is 0 Å². The SMILES string of the molecule is Cc1nc2c(n1C)NCN=C2. The van der Waals surface area contributed by atoms with Crippen molar-refractivity contribution < 1.29 is 0 Å². The van der Waals surface area contributed by atoms with Gasteiger partial charge in [-0.05, 0) is 6.92 Å². The standard InChI is InChI=1S/C7H10N4/c1-5-10-6-3-8-4-9-7(6)11(5)2/h3,9H,4H2,1-2H3. The van der Waals surface area contributed by atoms with E-state index in [1.54, 1.807) is 6.21 Å². The molecule has 0 amide bonds. The molecule has 4 heteroatoms. The molecule has 58 valence electrons. The van der Waals surface area contributed by atoms with E-state index in [2.05, 4.69) is 15.3 Å². The molecular weight excluding hydrogens is 140 g/mol. The molecule has 1 aliphatic rings. The second kappa shape index (κ2) is 2.08. The number of hydrogen-bond acceptors (Lipinski definition) is 3. The van der Waals surface area contributed by atoms with Crippen LogP contribution < -0.4 is 5.32 Å². The first-order valence-corrected chi connectivity index (χ1v) is 3.56. The van der Waals surface area contributed by atoms with Gasteiger partial charge in [-0.1, -0.05) is 0 Å². The summed E-state index contributed by atoms with van der Waals surface area (Å²) in [6, 6.07) is 0. The fourth-order valence-corrected chi connectivity index (χ4v) is 1.19. The molecular formula is C7H10N4. The van der Waals surface area contributed by atoms with Crippen LogP contribution in [0.15, 0.2) is 4.99 Å². The highest BCUT2D eigenvalue weighted by Crippen LogP contribution is 2.15. The lowest BCUT2D eigenvalue weighted by molar-refractivity contribution is 0.855. The molecule has 0 aromatic carbocycles. The number of fused-ring (bicyclic) bond motifs is 1. The average molecular weight is 150 g/mol. The molecule has 0 spiro atoms. The molecule has 2 heterocycles. The quantitative estimate of drug-likeness (QED) is 0.586. The molecule has 0 fully saturated rings. The number of hydrogen-bond donors (Lipinski definition) is 1. The van der Waals surface area contributed by atoms with E-state index in [1.807, 2.05) is 18.5 Å². The van der Waals surface area contributed by atoms with Crippen molar-refractivity contribution in [2.45, 2.75) is 6.92 Å². The first-order chi connectivity index (χ1) is 5.29. The number of rotatable bonds is 0. The summed E-state index contributed by atoms with van der Waals surface area (Å²) in [5.74, 6) is 2.08. The smallest absolute Gasteiger partial charge is 0.136 e. The molecule has 0 atom stereocenters. The van der Waals surface area contributed by atoms with E-state index >= 15 is 0 Å². The monoisotopic (exact) mass is 150 g/mol. The van der Waals surface area contributed by atoms with Crippen LogP contribution in [0.4, 0.5) is 5.82 Å². The molecule has 0 radical (unpaired) electrons. The molecule has 0 bridgehead atoms. The van der Waals surface area contributed by atoms with Gasteiger partial charge in [0.15, 0.2) is 0 Å². The summed E-state index contributed by atoms with van der Waals surface area (Å²) < 4.78 is 2.03. The number of aryl methyl sites for hydroxylation is 1. The van der Waals surface area contributed by atoms with Crippen LogP contribution >= 0.6 is 0 Å². The van der Waals surface area contributed by atoms with Crippen molar-refractivity contribution >= 4 is 12.0 Å². The average Bonchev–Trinajstić information content (AvgIpc) is 2.30. The molecule has 0 saturated heterocycles. The van der Waals surface area contributed by atoms with Crippen LogP contribution in [-0.4, -0.2) is 22.4 Å². The van der Waals surface area contributed by atoms with E-state index in [0.29, 0.717) is 6.67 Å². The lowest BCUT2D eigenvalue weighted by Gasteiger charge is -2.08. The third-order valence-electron chi connectivity index (χ3n) is 1.90. The van der Waals surface area contributed by atoms with Crippen molar-refractivity contribution in [1.29, 1.82) is 0 Å². The molecule has 11 heavy (non-hydrogen) atoms. The number of nitrogens with zero attached hydrogens (tertiary/aromatic N) is 3. The van der Waals surface area contributed by atoms with Gasteiger partial charge in [0.25, 0.3) is 0 Å². The molecule has 1 aliphatic heterocycles. The largest absolute Gasteiger partial charge is 0.351 e. The van der Waals surface area contributed by atoms with Gasteiger partial charge in [-0.25, -0.2) is 4.98 Å². The van der Waals surface area contributed by atoms with Crippen LogP contribution in [0.2, 0.25) is 0 Å². The van der Waals surface area contributed by atoms with Crippen LogP contribution in [0, 0.1) is 6.92 Å². The minimum absolute atomic E-state index is 0.659. The summed E-state index contributed by atoms with van der Waals surface area (Å²) in [4.78, 5) is 8.36. The van der Waals surface area contributed by atoms with Gasteiger partial charge < -0.3 is 9.88 Å². The topological polar surface area (TPSA) is 42.2 Å². The normalized spacial score (nSPS) is 14.4. The Morgan fingerprint density at radius 2 is 2.45 bits per heavy atom. The maximum Gasteiger partial charge on any atom is 0.136 e. The minimum Gasteiger partial charge on any atom is -0.351 e. The number of nitrogens with one attached hydrogen (secondary N) is 1. The Hall–Kier alpha value is -1.32. The zero-order valence-electron chi connectivity index (χ0n) is 6.63. The maximum absolute atomic E-state index is 4.30. The number of anilines is 1. The summed E-state index contributed by atoms with van der Waals surface area (Å²) in [5, 5.41) is 3.15. The lowest BCUT2D eigenvalue weighted by Crippen LogP contribution is -2.10. The highest BCUT2D eigenvalue weighted by Gasteiger charge is 2.11. The Kier molecular flexibility index (Phi) is 1.21. The highest BCUT2D eigenvalue weighted by atomic mass is 15.2. The van der Waals surface area contributed by atoms with Gasteiger partial charge in [0, 0.05) is 7.05 Å². The summed E-state index contributed by atoms with van der Waals surface area (Å²) in [6.45, 7) is 2.64. The van der Waals surface area contributed by atoms with Crippen LogP contribution in [0.25, 0.3) is 0 Å². The fraction of sp³-hybridized carbons (Fsp3) is 0.429. The summed E-state index contributed by atoms with van der Waals surface area (Å²) in [5.41, 5.74) is 0.941. The van der Waals surface area contributed by atoms with Crippen LogP contribution in [0.1, 0.15) is 11.5 Å². The van der Waals surface area contributed by atoms with E-state index in [9.17, 15) is 0 Å². The molecule has 2 rings (SSSR count). The first kappa shape index (κ1) is 6.39. The van der Waals surface area contributed by atoms with Crippen molar-refractivity contribution in [2.75, 3.05) is 12.0 Å². The van der Waals surface area contributed by atoms with E-state index in [4.69, 9.17) is 0 Å². The number of aromatic nitrogens is 2. The van der Waals surface area contributed by atoms with Gasteiger partial charge in [-0.15, -0.1) is 0 Å². The fourth-order valence-electron chi connectivity index (χ4n) is 1.19. The number of aliphatic imine (C=N–C) groups is 1. The van der Waals surface area contributed by atoms with Crippen molar-refractivity contribution in [3.8, 4) is 0 Å². The Bertz CT molecular complexity index is 310. The number of imidazole rings is 1. The van der Waals surface area contributed by atoms with Crippen LogP contribution in [0.3, 0.4) is 0 Å². The van der Waals surface area contributed by atoms with E-state index < -0.39 is 0 Å². The van der Waals surface area contributed by atoms with Gasteiger partial charge in [0.05, 0.1) is 6.21 Å². The van der Waals surface area contributed by atoms with Gasteiger partial charge in [0.1, 0.15) is 24.0 Å². The molecule has 1 aromatic rings. The summed E-state index contributed by atoms with van der Waals surface area (Å²) >= 11 is 0. The molecule has 4 nitrogen and oxygen atoms in total. The second-order valence-corrected chi connectivity index (χ2v) is 2.60. The Labute approximate surface area is 65.0 Å². The van der Waals surface area contributed by atoms with Crippen molar-refractivity contribution in [3.05, 3.63) is 11.5 Å².